The molecule has 1 atom stereocenters. The fraction of sp³-hybridized carbons (Fsp3) is 0.714. The average molecular weight is 363 g/mol. The van der Waals surface area contributed by atoms with Gasteiger partial charge in [-0.25, -0.2) is 0 Å². The molecule has 4 heteroatoms. The van der Waals surface area contributed by atoms with Gasteiger partial charge < -0.3 is 4.18 Å². The van der Waals surface area contributed by atoms with Crippen molar-refractivity contribution in [3.05, 3.63) is 29.8 Å². The van der Waals surface area contributed by atoms with Crippen LogP contribution in [0.15, 0.2) is 24.3 Å². The Morgan fingerprint density at radius 3 is 2.28 bits per heavy atom. The summed E-state index contributed by atoms with van der Waals surface area (Å²) in [6, 6.07) is 7.61. The highest BCUT2D eigenvalue weighted by molar-refractivity contribution is 7.87. The first-order chi connectivity index (χ1) is 11.9. The van der Waals surface area contributed by atoms with Crippen LogP contribution >= 0.6 is 0 Å². The molecule has 4 saturated carbocycles. The molecule has 0 N–H and O–H groups in total. The topological polar surface area (TPSA) is 43.4 Å². The molecule has 4 bridgehead atoms. The van der Waals surface area contributed by atoms with E-state index in [0.29, 0.717) is 11.7 Å². The molecular formula is C21H30O3S. The number of hydrogen-bond acceptors (Lipinski definition) is 3. The van der Waals surface area contributed by atoms with E-state index in [1.165, 1.54) is 19.3 Å². The van der Waals surface area contributed by atoms with Gasteiger partial charge >= 0.3 is 10.1 Å². The molecule has 1 aromatic rings. The van der Waals surface area contributed by atoms with Gasteiger partial charge in [-0.2, -0.15) is 8.42 Å². The van der Waals surface area contributed by atoms with Crippen molar-refractivity contribution >= 4 is 10.1 Å². The molecule has 0 spiro atoms. The zero-order chi connectivity index (χ0) is 17.7. The Balaban J connectivity index is 1.49. The summed E-state index contributed by atoms with van der Waals surface area (Å²) < 4.78 is 31.2. The van der Waals surface area contributed by atoms with Crippen molar-refractivity contribution in [3.63, 3.8) is 0 Å². The Hall–Kier alpha value is -1.03. The van der Waals surface area contributed by atoms with Gasteiger partial charge in [0, 0.05) is 0 Å². The molecule has 5 rings (SSSR count). The number of hydrogen-bond donors (Lipinski definition) is 0. The third kappa shape index (κ3) is 3.60. The second-order valence-corrected chi connectivity index (χ2v) is 10.7. The molecule has 0 aromatic heterocycles. The van der Waals surface area contributed by atoms with Gasteiger partial charge in [0.15, 0.2) is 0 Å². The highest BCUT2D eigenvalue weighted by Gasteiger charge is 2.52. The SMILES string of the molecule is CCC(C)c1cccc(OS(=O)(=O)CC23CC4CC(CC(C4)C2)C3)c1. The summed E-state index contributed by atoms with van der Waals surface area (Å²) in [6.07, 6.45) is 8.30. The summed E-state index contributed by atoms with van der Waals surface area (Å²) in [5.74, 6) is 3.37. The van der Waals surface area contributed by atoms with Crippen molar-refractivity contribution < 1.29 is 12.6 Å². The van der Waals surface area contributed by atoms with Crippen LogP contribution < -0.4 is 4.18 Å². The first-order valence-electron chi connectivity index (χ1n) is 9.88. The predicted octanol–water partition coefficient (Wildman–Crippen LogP) is 5.13. The summed E-state index contributed by atoms with van der Waals surface area (Å²) in [5, 5.41) is 0. The van der Waals surface area contributed by atoms with Gasteiger partial charge in [0.25, 0.3) is 0 Å². The first kappa shape index (κ1) is 17.4. The molecule has 25 heavy (non-hydrogen) atoms. The molecule has 4 aliphatic carbocycles. The Labute approximate surface area is 152 Å². The molecule has 0 heterocycles. The third-order valence-corrected chi connectivity index (χ3v) is 8.32. The molecule has 0 aliphatic heterocycles. The number of benzene rings is 1. The number of rotatable bonds is 6. The zero-order valence-electron chi connectivity index (χ0n) is 15.4. The molecule has 0 amide bonds. The van der Waals surface area contributed by atoms with Gasteiger partial charge in [0.1, 0.15) is 5.75 Å². The van der Waals surface area contributed by atoms with Crippen molar-refractivity contribution in [1.82, 2.24) is 0 Å². The van der Waals surface area contributed by atoms with E-state index in [1.54, 1.807) is 6.07 Å². The zero-order valence-corrected chi connectivity index (χ0v) is 16.2. The van der Waals surface area contributed by atoms with E-state index in [1.807, 2.05) is 18.2 Å². The van der Waals surface area contributed by atoms with Crippen LogP contribution in [-0.2, 0) is 10.1 Å². The maximum atomic E-state index is 12.8. The molecule has 0 radical (unpaired) electrons. The summed E-state index contributed by atoms with van der Waals surface area (Å²) >= 11 is 0. The van der Waals surface area contributed by atoms with Gasteiger partial charge in [-0.1, -0.05) is 26.0 Å². The molecule has 3 nitrogen and oxygen atoms in total. The minimum Gasteiger partial charge on any atom is -0.382 e. The molecule has 1 aromatic carbocycles. The van der Waals surface area contributed by atoms with E-state index >= 15 is 0 Å². The average Bonchev–Trinajstić information content (AvgIpc) is 2.51. The van der Waals surface area contributed by atoms with Gasteiger partial charge in [-0.15, -0.1) is 0 Å². The van der Waals surface area contributed by atoms with E-state index in [-0.39, 0.29) is 11.2 Å². The minimum atomic E-state index is -3.55. The molecule has 1 unspecified atom stereocenters. The lowest BCUT2D eigenvalue weighted by molar-refractivity contribution is -0.0395. The lowest BCUT2D eigenvalue weighted by Gasteiger charge is -2.56. The van der Waals surface area contributed by atoms with Crippen molar-refractivity contribution in [1.29, 1.82) is 0 Å². The van der Waals surface area contributed by atoms with Crippen molar-refractivity contribution in [2.75, 3.05) is 5.75 Å². The van der Waals surface area contributed by atoms with Crippen molar-refractivity contribution in [2.45, 2.75) is 64.7 Å². The summed E-state index contributed by atoms with van der Waals surface area (Å²) in [5.41, 5.74) is 1.13. The van der Waals surface area contributed by atoms with E-state index < -0.39 is 10.1 Å². The van der Waals surface area contributed by atoms with Crippen LogP contribution in [0.1, 0.15) is 70.3 Å². The summed E-state index contributed by atoms with van der Waals surface area (Å²) in [6.45, 7) is 4.30. The van der Waals surface area contributed by atoms with Crippen LogP contribution in [0.5, 0.6) is 5.75 Å². The Morgan fingerprint density at radius 1 is 1.12 bits per heavy atom. The Bertz CT molecular complexity index is 702. The smallest absolute Gasteiger partial charge is 0.309 e. The highest BCUT2D eigenvalue weighted by Crippen LogP contribution is 2.60. The van der Waals surface area contributed by atoms with Gasteiger partial charge in [-0.3, -0.25) is 0 Å². The van der Waals surface area contributed by atoms with E-state index in [0.717, 1.165) is 49.0 Å². The first-order valence-corrected chi connectivity index (χ1v) is 11.5. The van der Waals surface area contributed by atoms with Crippen LogP contribution in [0.25, 0.3) is 0 Å². The van der Waals surface area contributed by atoms with E-state index in [4.69, 9.17) is 4.18 Å². The minimum absolute atomic E-state index is 0.0120. The van der Waals surface area contributed by atoms with Crippen molar-refractivity contribution in [2.24, 2.45) is 23.2 Å². The molecule has 4 aliphatic rings. The largest absolute Gasteiger partial charge is 0.382 e. The monoisotopic (exact) mass is 362 g/mol. The van der Waals surface area contributed by atoms with Gasteiger partial charge in [-0.05, 0) is 91.7 Å². The second-order valence-electron chi connectivity index (χ2n) is 9.08. The standard InChI is InChI=1S/C21H30O3S/c1-3-15(2)19-5-4-6-20(10-19)24-25(22,23)14-21-11-16-7-17(12-21)9-18(8-16)13-21/h4-6,10,15-18H,3,7-9,11-14H2,1-2H3. The molecule has 4 fully saturated rings. The Morgan fingerprint density at radius 2 is 1.72 bits per heavy atom. The van der Waals surface area contributed by atoms with Crippen LogP contribution in [-0.4, -0.2) is 14.2 Å². The fourth-order valence-corrected chi connectivity index (χ4v) is 7.69. The predicted molar refractivity (Wildman–Crippen MR) is 100 cm³/mol. The second kappa shape index (κ2) is 6.29. The lowest BCUT2D eigenvalue weighted by atomic mass is 9.50. The summed E-state index contributed by atoms with van der Waals surface area (Å²) in [7, 11) is -3.55. The Kier molecular flexibility index (Phi) is 4.38. The maximum Gasteiger partial charge on any atom is 0.309 e. The fourth-order valence-electron chi connectivity index (χ4n) is 6.13. The van der Waals surface area contributed by atoms with Crippen LogP contribution in [0, 0.1) is 23.2 Å². The van der Waals surface area contributed by atoms with Crippen LogP contribution in [0.4, 0.5) is 0 Å². The normalized spacial score (nSPS) is 34.9. The van der Waals surface area contributed by atoms with Gasteiger partial charge in [0.2, 0.25) is 0 Å². The quantitative estimate of drug-likeness (QED) is 0.659. The maximum absolute atomic E-state index is 12.8. The van der Waals surface area contributed by atoms with Crippen LogP contribution in [0.2, 0.25) is 0 Å². The molecular weight excluding hydrogens is 332 g/mol. The van der Waals surface area contributed by atoms with Crippen LogP contribution in [0.3, 0.4) is 0 Å². The third-order valence-electron chi connectivity index (χ3n) is 6.91. The van der Waals surface area contributed by atoms with E-state index in [9.17, 15) is 8.42 Å². The van der Waals surface area contributed by atoms with Gasteiger partial charge in [0.05, 0.1) is 5.75 Å². The highest BCUT2D eigenvalue weighted by atomic mass is 32.2. The van der Waals surface area contributed by atoms with E-state index in [2.05, 4.69) is 13.8 Å². The summed E-state index contributed by atoms with van der Waals surface area (Å²) in [4.78, 5) is 0. The molecule has 0 saturated heterocycles. The van der Waals surface area contributed by atoms with Crippen molar-refractivity contribution in [3.8, 4) is 5.75 Å². The molecule has 138 valence electrons. The lowest BCUT2D eigenvalue weighted by Crippen LogP contribution is -2.49.